The number of nitrogens with zero attached hydrogens (tertiary/aromatic N) is 1. The van der Waals surface area contributed by atoms with Gasteiger partial charge < -0.3 is 5.73 Å². The molecule has 0 aliphatic carbocycles. The molecule has 0 aromatic heterocycles. The first-order valence-corrected chi connectivity index (χ1v) is 8.12. The molecule has 1 aromatic carbocycles. The smallest absolute Gasteiger partial charge is 0.242 e. The highest BCUT2D eigenvalue weighted by molar-refractivity contribution is 7.99. The lowest BCUT2D eigenvalue weighted by Crippen LogP contribution is -2.22. The van der Waals surface area contributed by atoms with Gasteiger partial charge in [0.05, 0.1) is 4.90 Å². The molecule has 4 nitrogen and oxygen atoms in total. The molecule has 0 fully saturated rings. The molecule has 0 spiro atoms. The lowest BCUT2D eigenvalue weighted by Gasteiger charge is -2.13. The van der Waals surface area contributed by atoms with Crippen molar-refractivity contribution in [2.24, 2.45) is 5.92 Å². The summed E-state index contributed by atoms with van der Waals surface area (Å²) in [7, 11) is -0.390. The van der Waals surface area contributed by atoms with E-state index in [1.807, 2.05) is 0 Å². The van der Waals surface area contributed by atoms with Crippen LogP contribution in [0.25, 0.3) is 0 Å². The molecule has 0 atom stereocenters. The lowest BCUT2D eigenvalue weighted by molar-refractivity contribution is 0.520. The van der Waals surface area contributed by atoms with E-state index in [0.717, 1.165) is 10.6 Å². The molecule has 18 heavy (non-hydrogen) atoms. The Labute approximate surface area is 114 Å². The second-order valence-electron chi connectivity index (χ2n) is 4.69. The third-order valence-corrected chi connectivity index (χ3v) is 5.66. The molecule has 0 aliphatic heterocycles. The Balaban J connectivity index is 3.00. The Morgan fingerprint density at radius 2 is 1.94 bits per heavy atom. The number of benzene rings is 1. The Morgan fingerprint density at radius 3 is 2.39 bits per heavy atom. The number of nitrogen functional groups attached to an aromatic ring is 1. The summed E-state index contributed by atoms with van der Waals surface area (Å²) in [6, 6.07) is 4.91. The first-order chi connectivity index (χ1) is 8.25. The quantitative estimate of drug-likeness (QED) is 0.667. The molecule has 0 saturated carbocycles. The van der Waals surface area contributed by atoms with Gasteiger partial charge in [-0.2, -0.15) is 0 Å². The first kappa shape index (κ1) is 15.3. The predicted octanol–water partition coefficient (Wildman–Crippen LogP) is 2.27. The van der Waals surface area contributed by atoms with Crippen LogP contribution in [-0.4, -0.2) is 32.6 Å². The van der Waals surface area contributed by atoms with Crippen LogP contribution in [0.2, 0.25) is 0 Å². The van der Waals surface area contributed by atoms with Gasteiger partial charge in [0.2, 0.25) is 10.0 Å². The van der Waals surface area contributed by atoms with E-state index in [1.54, 1.807) is 23.9 Å². The molecule has 1 rings (SSSR count). The lowest BCUT2D eigenvalue weighted by atomic mass is 10.3. The molecular weight excluding hydrogens is 268 g/mol. The zero-order valence-corrected chi connectivity index (χ0v) is 12.8. The van der Waals surface area contributed by atoms with Crippen molar-refractivity contribution in [3.63, 3.8) is 0 Å². The average Bonchev–Trinajstić information content (AvgIpc) is 2.26. The van der Waals surface area contributed by atoms with Gasteiger partial charge in [0.15, 0.2) is 0 Å². The zero-order valence-electron chi connectivity index (χ0n) is 11.2. The van der Waals surface area contributed by atoms with Crippen LogP contribution in [0.15, 0.2) is 28.0 Å². The van der Waals surface area contributed by atoms with Gasteiger partial charge >= 0.3 is 0 Å². The van der Waals surface area contributed by atoms with Crippen molar-refractivity contribution in [1.82, 2.24) is 4.31 Å². The van der Waals surface area contributed by atoms with Gasteiger partial charge in [-0.15, -0.1) is 11.8 Å². The van der Waals surface area contributed by atoms with Crippen molar-refractivity contribution < 1.29 is 8.42 Å². The van der Waals surface area contributed by atoms with E-state index >= 15 is 0 Å². The van der Waals surface area contributed by atoms with Crippen LogP contribution in [0.3, 0.4) is 0 Å². The van der Waals surface area contributed by atoms with E-state index in [1.165, 1.54) is 24.5 Å². The first-order valence-electron chi connectivity index (χ1n) is 5.70. The summed E-state index contributed by atoms with van der Waals surface area (Å²) in [6.07, 6.45) is 0. The van der Waals surface area contributed by atoms with E-state index < -0.39 is 10.0 Å². The number of anilines is 1. The average molecular weight is 288 g/mol. The molecule has 0 saturated heterocycles. The van der Waals surface area contributed by atoms with Gasteiger partial charge in [0.25, 0.3) is 0 Å². The zero-order chi connectivity index (χ0) is 13.9. The SMILES string of the molecule is CC(C)CSc1ccc(S(=O)(=O)N(C)C)cc1N. The standard InChI is InChI=1S/C12H20N2O2S2/c1-9(2)8-17-12-6-5-10(7-11(12)13)18(15,16)14(3)4/h5-7,9H,8,13H2,1-4H3. The van der Waals surface area contributed by atoms with Crippen LogP contribution < -0.4 is 5.73 Å². The van der Waals surface area contributed by atoms with Crippen LogP contribution in [0.5, 0.6) is 0 Å². The Kier molecular flexibility index (Phi) is 5.07. The molecule has 2 N–H and O–H groups in total. The largest absolute Gasteiger partial charge is 0.398 e. The van der Waals surface area contributed by atoms with Gasteiger partial charge in [-0.05, 0) is 24.1 Å². The highest BCUT2D eigenvalue weighted by atomic mass is 32.2. The molecule has 0 bridgehead atoms. The number of sulfonamides is 1. The molecule has 0 radical (unpaired) electrons. The minimum Gasteiger partial charge on any atom is -0.398 e. The summed E-state index contributed by atoms with van der Waals surface area (Å²) < 4.78 is 25.0. The summed E-state index contributed by atoms with van der Waals surface area (Å²) in [6.45, 7) is 4.27. The second kappa shape index (κ2) is 5.95. The van der Waals surface area contributed by atoms with E-state index in [-0.39, 0.29) is 4.90 Å². The summed E-state index contributed by atoms with van der Waals surface area (Å²) in [5, 5.41) is 0. The minimum absolute atomic E-state index is 0.235. The highest BCUT2D eigenvalue weighted by Gasteiger charge is 2.18. The van der Waals surface area contributed by atoms with Crippen LogP contribution in [-0.2, 0) is 10.0 Å². The molecule has 0 amide bonds. The topological polar surface area (TPSA) is 63.4 Å². The third-order valence-electron chi connectivity index (χ3n) is 2.33. The maximum absolute atomic E-state index is 11.9. The van der Waals surface area contributed by atoms with Crippen molar-refractivity contribution in [2.75, 3.05) is 25.6 Å². The van der Waals surface area contributed by atoms with E-state index in [9.17, 15) is 8.42 Å². The molecular formula is C12H20N2O2S2. The van der Waals surface area contributed by atoms with Gasteiger partial charge in [-0.1, -0.05) is 13.8 Å². The van der Waals surface area contributed by atoms with Gasteiger partial charge in [-0.3, -0.25) is 0 Å². The van der Waals surface area contributed by atoms with Gasteiger partial charge in [0.1, 0.15) is 0 Å². The summed E-state index contributed by atoms with van der Waals surface area (Å²) in [4.78, 5) is 1.17. The molecule has 6 heteroatoms. The highest BCUT2D eigenvalue weighted by Crippen LogP contribution is 2.29. The summed E-state index contributed by atoms with van der Waals surface area (Å²) in [5.74, 6) is 1.53. The molecule has 1 aromatic rings. The number of hydrogen-bond donors (Lipinski definition) is 1. The Bertz CT molecular complexity index is 511. The maximum atomic E-state index is 11.9. The fourth-order valence-electron chi connectivity index (χ4n) is 1.29. The number of hydrogen-bond acceptors (Lipinski definition) is 4. The van der Waals surface area contributed by atoms with Crippen molar-refractivity contribution in [2.45, 2.75) is 23.6 Å². The third kappa shape index (κ3) is 3.63. The van der Waals surface area contributed by atoms with Crippen molar-refractivity contribution >= 4 is 27.5 Å². The van der Waals surface area contributed by atoms with Gasteiger partial charge in [-0.25, -0.2) is 12.7 Å². The summed E-state index contributed by atoms with van der Waals surface area (Å²) >= 11 is 1.65. The number of thioether (sulfide) groups is 1. The molecule has 102 valence electrons. The Morgan fingerprint density at radius 1 is 1.33 bits per heavy atom. The monoisotopic (exact) mass is 288 g/mol. The molecule has 0 unspecified atom stereocenters. The maximum Gasteiger partial charge on any atom is 0.242 e. The Hall–Kier alpha value is -0.720. The van der Waals surface area contributed by atoms with E-state index in [4.69, 9.17) is 5.73 Å². The van der Waals surface area contributed by atoms with Crippen molar-refractivity contribution in [3.05, 3.63) is 18.2 Å². The van der Waals surface area contributed by atoms with E-state index in [0.29, 0.717) is 11.6 Å². The van der Waals surface area contributed by atoms with Crippen LogP contribution >= 0.6 is 11.8 Å². The van der Waals surface area contributed by atoms with Crippen LogP contribution in [0, 0.1) is 5.92 Å². The molecule has 0 heterocycles. The normalized spacial score (nSPS) is 12.3. The predicted molar refractivity (Wildman–Crippen MR) is 77.3 cm³/mol. The van der Waals surface area contributed by atoms with Crippen molar-refractivity contribution in [1.29, 1.82) is 0 Å². The number of nitrogens with two attached hydrogens (primary N) is 1. The second-order valence-corrected chi connectivity index (χ2v) is 7.91. The minimum atomic E-state index is -3.40. The fraction of sp³-hybridized carbons (Fsp3) is 0.500. The van der Waals surface area contributed by atoms with Crippen LogP contribution in [0.1, 0.15) is 13.8 Å². The van der Waals surface area contributed by atoms with E-state index in [2.05, 4.69) is 13.8 Å². The summed E-state index contributed by atoms with van der Waals surface area (Å²) in [5.41, 5.74) is 6.42. The fourth-order valence-corrected chi connectivity index (χ4v) is 3.13. The van der Waals surface area contributed by atoms with Crippen LogP contribution in [0.4, 0.5) is 5.69 Å². The molecule has 0 aliphatic rings. The number of rotatable bonds is 5. The van der Waals surface area contributed by atoms with Crippen molar-refractivity contribution in [3.8, 4) is 0 Å². The van der Waals surface area contributed by atoms with Gasteiger partial charge in [0, 0.05) is 30.4 Å².